The predicted octanol–water partition coefficient (Wildman–Crippen LogP) is 3.22. The van der Waals surface area contributed by atoms with Crippen molar-refractivity contribution in [3.05, 3.63) is 51.5 Å². The SMILES string of the molecule is CCc1ccc(Cc2nc(CCCO)cs2)cc1. The Morgan fingerprint density at radius 2 is 1.89 bits per heavy atom. The van der Waals surface area contributed by atoms with Gasteiger partial charge < -0.3 is 5.11 Å². The fraction of sp³-hybridized carbons (Fsp3) is 0.400. The maximum Gasteiger partial charge on any atom is 0.0972 e. The van der Waals surface area contributed by atoms with Gasteiger partial charge in [0.25, 0.3) is 0 Å². The summed E-state index contributed by atoms with van der Waals surface area (Å²) >= 11 is 1.71. The summed E-state index contributed by atoms with van der Waals surface area (Å²) in [6, 6.07) is 8.76. The van der Waals surface area contributed by atoms with Crippen molar-refractivity contribution in [2.45, 2.75) is 32.6 Å². The smallest absolute Gasteiger partial charge is 0.0972 e. The highest BCUT2D eigenvalue weighted by molar-refractivity contribution is 7.09. The Labute approximate surface area is 112 Å². The lowest BCUT2D eigenvalue weighted by molar-refractivity contribution is 0.288. The van der Waals surface area contributed by atoms with Crippen LogP contribution in [0.15, 0.2) is 29.6 Å². The van der Waals surface area contributed by atoms with Crippen molar-refractivity contribution < 1.29 is 5.11 Å². The van der Waals surface area contributed by atoms with Crippen LogP contribution in [0.5, 0.6) is 0 Å². The average Bonchev–Trinajstić information content (AvgIpc) is 2.85. The summed E-state index contributed by atoms with van der Waals surface area (Å²) < 4.78 is 0. The van der Waals surface area contributed by atoms with Crippen molar-refractivity contribution in [2.24, 2.45) is 0 Å². The van der Waals surface area contributed by atoms with E-state index in [9.17, 15) is 0 Å². The molecule has 0 atom stereocenters. The number of aryl methyl sites for hydroxylation is 2. The van der Waals surface area contributed by atoms with E-state index in [2.05, 4.69) is 41.6 Å². The van der Waals surface area contributed by atoms with Gasteiger partial charge in [0.2, 0.25) is 0 Å². The molecule has 0 saturated heterocycles. The van der Waals surface area contributed by atoms with Crippen molar-refractivity contribution in [3.63, 3.8) is 0 Å². The van der Waals surface area contributed by atoms with Crippen LogP contribution in [-0.2, 0) is 19.3 Å². The Morgan fingerprint density at radius 1 is 1.17 bits per heavy atom. The molecule has 0 aliphatic rings. The molecule has 0 bridgehead atoms. The van der Waals surface area contributed by atoms with E-state index in [0.717, 1.165) is 36.4 Å². The largest absolute Gasteiger partial charge is 0.396 e. The van der Waals surface area contributed by atoms with Crippen LogP contribution in [0.3, 0.4) is 0 Å². The molecule has 1 aromatic heterocycles. The third-order valence-corrected chi connectivity index (χ3v) is 3.87. The fourth-order valence-electron chi connectivity index (χ4n) is 1.87. The minimum absolute atomic E-state index is 0.241. The average molecular weight is 261 g/mol. The Bertz CT molecular complexity index is 475. The number of hydrogen-bond donors (Lipinski definition) is 1. The summed E-state index contributed by atoms with van der Waals surface area (Å²) in [5.74, 6) is 0. The van der Waals surface area contributed by atoms with Crippen LogP contribution < -0.4 is 0 Å². The highest BCUT2D eigenvalue weighted by Gasteiger charge is 2.03. The van der Waals surface area contributed by atoms with E-state index in [4.69, 9.17) is 5.11 Å². The fourth-order valence-corrected chi connectivity index (χ4v) is 2.74. The highest BCUT2D eigenvalue weighted by Crippen LogP contribution is 2.16. The maximum atomic E-state index is 8.79. The van der Waals surface area contributed by atoms with Gasteiger partial charge >= 0.3 is 0 Å². The van der Waals surface area contributed by atoms with E-state index >= 15 is 0 Å². The van der Waals surface area contributed by atoms with Gasteiger partial charge in [-0.3, -0.25) is 0 Å². The molecule has 0 saturated carbocycles. The van der Waals surface area contributed by atoms with E-state index in [-0.39, 0.29) is 6.61 Å². The number of nitrogens with zero attached hydrogens (tertiary/aromatic N) is 1. The van der Waals surface area contributed by atoms with Crippen LogP contribution in [0.1, 0.15) is 35.2 Å². The van der Waals surface area contributed by atoms with E-state index in [0.29, 0.717) is 0 Å². The number of rotatable bonds is 6. The second-order valence-corrected chi connectivity index (χ2v) is 5.35. The summed E-state index contributed by atoms with van der Waals surface area (Å²) in [6.07, 6.45) is 3.67. The molecule has 0 aliphatic carbocycles. The number of aromatic nitrogens is 1. The standard InChI is InChI=1S/C15H19NOS/c1-2-12-5-7-13(8-6-12)10-15-16-14(11-18-15)4-3-9-17/h5-8,11,17H,2-4,9-10H2,1H3. The number of aliphatic hydroxyl groups excluding tert-OH is 1. The number of aliphatic hydroxyl groups is 1. The molecular weight excluding hydrogens is 242 g/mol. The van der Waals surface area contributed by atoms with Gasteiger partial charge in [-0.1, -0.05) is 31.2 Å². The summed E-state index contributed by atoms with van der Waals surface area (Å²) in [7, 11) is 0. The lowest BCUT2D eigenvalue weighted by atomic mass is 10.1. The molecule has 2 nitrogen and oxygen atoms in total. The monoisotopic (exact) mass is 261 g/mol. The Morgan fingerprint density at radius 3 is 2.56 bits per heavy atom. The third-order valence-electron chi connectivity index (χ3n) is 2.98. The molecule has 18 heavy (non-hydrogen) atoms. The molecule has 1 N–H and O–H groups in total. The van der Waals surface area contributed by atoms with Gasteiger partial charge in [0.05, 0.1) is 10.7 Å². The minimum atomic E-state index is 0.241. The predicted molar refractivity (Wildman–Crippen MR) is 76.1 cm³/mol. The number of thiazole rings is 1. The molecule has 0 spiro atoms. The van der Waals surface area contributed by atoms with Gasteiger partial charge in [-0.2, -0.15) is 0 Å². The van der Waals surface area contributed by atoms with Crippen LogP contribution in [0.2, 0.25) is 0 Å². The van der Waals surface area contributed by atoms with Gasteiger partial charge in [-0.05, 0) is 30.4 Å². The van der Waals surface area contributed by atoms with Crippen molar-refractivity contribution in [1.82, 2.24) is 4.98 Å². The van der Waals surface area contributed by atoms with Gasteiger partial charge in [0.15, 0.2) is 0 Å². The zero-order valence-electron chi connectivity index (χ0n) is 10.7. The normalized spacial score (nSPS) is 10.8. The molecule has 1 aromatic carbocycles. The second kappa shape index (κ2) is 6.66. The van der Waals surface area contributed by atoms with E-state index in [1.54, 1.807) is 11.3 Å². The van der Waals surface area contributed by atoms with Crippen molar-refractivity contribution in [2.75, 3.05) is 6.61 Å². The van der Waals surface area contributed by atoms with Crippen LogP contribution >= 0.6 is 11.3 Å². The van der Waals surface area contributed by atoms with Crippen molar-refractivity contribution in [1.29, 1.82) is 0 Å². The molecule has 3 heteroatoms. The Balaban J connectivity index is 1.97. The first-order valence-electron chi connectivity index (χ1n) is 6.43. The third kappa shape index (κ3) is 3.65. The lowest BCUT2D eigenvalue weighted by Gasteiger charge is -2.00. The number of benzene rings is 1. The van der Waals surface area contributed by atoms with Gasteiger partial charge in [-0.15, -0.1) is 11.3 Å². The summed E-state index contributed by atoms with van der Waals surface area (Å²) in [6.45, 7) is 2.41. The molecule has 0 fully saturated rings. The first-order valence-corrected chi connectivity index (χ1v) is 7.31. The van der Waals surface area contributed by atoms with E-state index < -0.39 is 0 Å². The summed E-state index contributed by atoms with van der Waals surface area (Å²) in [5, 5.41) is 12.1. The zero-order valence-corrected chi connectivity index (χ0v) is 11.5. The van der Waals surface area contributed by atoms with Gasteiger partial charge in [-0.25, -0.2) is 4.98 Å². The van der Waals surface area contributed by atoms with Crippen LogP contribution in [-0.4, -0.2) is 16.7 Å². The van der Waals surface area contributed by atoms with Gasteiger partial charge in [0.1, 0.15) is 0 Å². The lowest BCUT2D eigenvalue weighted by Crippen LogP contribution is -1.92. The molecule has 1 heterocycles. The van der Waals surface area contributed by atoms with Gasteiger partial charge in [0, 0.05) is 18.4 Å². The molecule has 2 rings (SSSR count). The first-order chi connectivity index (χ1) is 8.81. The molecule has 96 valence electrons. The van der Waals surface area contributed by atoms with E-state index in [1.807, 2.05) is 0 Å². The minimum Gasteiger partial charge on any atom is -0.396 e. The number of hydrogen-bond acceptors (Lipinski definition) is 3. The molecule has 0 radical (unpaired) electrons. The topological polar surface area (TPSA) is 33.1 Å². The Hall–Kier alpha value is -1.19. The molecule has 0 amide bonds. The van der Waals surface area contributed by atoms with Crippen LogP contribution in [0.4, 0.5) is 0 Å². The summed E-state index contributed by atoms with van der Waals surface area (Å²) in [5.41, 5.74) is 3.80. The summed E-state index contributed by atoms with van der Waals surface area (Å²) in [4.78, 5) is 4.59. The molecule has 0 unspecified atom stereocenters. The van der Waals surface area contributed by atoms with Crippen molar-refractivity contribution in [3.8, 4) is 0 Å². The zero-order chi connectivity index (χ0) is 12.8. The molecular formula is C15H19NOS. The molecule has 0 aliphatic heterocycles. The highest BCUT2D eigenvalue weighted by atomic mass is 32.1. The quantitative estimate of drug-likeness (QED) is 0.866. The maximum absolute atomic E-state index is 8.79. The second-order valence-electron chi connectivity index (χ2n) is 4.41. The van der Waals surface area contributed by atoms with Crippen molar-refractivity contribution >= 4 is 11.3 Å². The van der Waals surface area contributed by atoms with Crippen LogP contribution in [0, 0.1) is 0 Å². The van der Waals surface area contributed by atoms with E-state index in [1.165, 1.54) is 11.1 Å². The Kier molecular flexibility index (Phi) is 4.90. The molecule has 2 aromatic rings. The van der Waals surface area contributed by atoms with Crippen LogP contribution in [0.25, 0.3) is 0 Å². The first kappa shape index (κ1) is 13.2.